The molecule has 1 atom stereocenters. The van der Waals surface area contributed by atoms with E-state index in [1.165, 1.54) is 0 Å². The van der Waals surface area contributed by atoms with Gasteiger partial charge in [0, 0.05) is 12.1 Å². The highest BCUT2D eigenvalue weighted by atomic mass is 19.4. The third kappa shape index (κ3) is 1.87. The van der Waals surface area contributed by atoms with E-state index in [-0.39, 0.29) is 11.3 Å². The van der Waals surface area contributed by atoms with E-state index in [0.29, 0.717) is 0 Å². The summed E-state index contributed by atoms with van der Waals surface area (Å²) in [5, 5.41) is 2.28. The number of carbonyl (C=O) groups is 1. The second-order valence-electron chi connectivity index (χ2n) is 3.58. The predicted octanol–water partition coefficient (Wildman–Crippen LogP) is 2.81. The van der Waals surface area contributed by atoms with Crippen molar-refractivity contribution in [1.29, 1.82) is 0 Å². The Labute approximate surface area is 88.3 Å². The lowest BCUT2D eigenvalue weighted by Gasteiger charge is -2.27. The van der Waals surface area contributed by atoms with E-state index >= 15 is 0 Å². The van der Waals surface area contributed by atoms with Gasteiger partial charge in [-0.05, 0) is 23.8 Å². The van der Waals surface area contributed by atoms with Crippen LogP contribution in [0.4, 0.5) is 23.2 Å². The van der Waals surface area contributed by atoms with Crippen LogP contribution in [-0.2, 0) is 4.79 Å². The van der Waals surface area contributed by atoms with Crippen molar-refractivity contribution in [3.63, 3.8) is 0 Å². The van der Waals surface area contributed by atoms with Gasteiger partial charge >= 0.3 is 6.18 Å². The third-order valence-electron chi connectivity index (χ3n) is 2.45. The van der Waals surface area contributed by atoms with E-state index in [4.69, 9.17) is 0 Å². The van der Waals surface area contributed by atoms with Crippen LogP contribution >= 0.6 is 0 Å². The number of fused-ring (bicyclic) bond motifs is 1. The molecule has 0 aliphatic carbocycles. The van der Waals surface area contributed by atoms with Crippen molar-refractivity contribution >= 4 is 11.6 Å². The summed E-state index contributed by atoms with van der Waals surface area (Å²) in [5.41, 5.74) is -0.188. The van der Waals surface area contributed by atoms with Crippen molar-refractivity contribution in [2.45, 2.75) is 18.5 Å². The molecule has 0 aromatic heterocycles. The summed E-state index contributed by atoms with van der Waals surface area (Å²) < 4.78 is 50.7. The van der Waals surface area contributed by atoms with Crippen molar-refractivity contribution in [1.82, 2.24) is 0 Å². The minimum Gasteiger partial charge on any atom is -0.326 e. The zero-order valence-electron chi connectivity index (χ0n) is 7.94. The fraction of sp³-hybridized carbons (Fsp3) is 0.300. The second kappa shape index (κ2) is 3.47. The summed E-state index contributed by atoms with van der Waals surface area (Å²) >= 11 is 0. The highest BCUT2D eigenvalue weighted by molar-refractivity contribution is 5.94. The van der Waals surface area contributed by atoms with E-state index in [2.05, 4.69) is 5.32 Å². The molecule has 1 N–H and O–H groups in total. The molecule has 0 radical (unpaired) electrons. The van der Waals surface area contributed by atoms with Crippen LogP contribution in [0.15, 0.2) is 18.2 Å². The number of anilines is 1. The smallest absolute Gasteiger partial charge is 0.326 e. The first-order valence-electron chi connectivity index (χ1n) is 4.54. The zero-order chi connectivity index (χ0) is 11.9. The number of hydrogen-bond donors (Lipinski definition) is 1. The van der Waals surface area contributed by atoms with Crippen molar-refractivity contribution in [2.75, 3.05) is 5.32 Å². The van der Waals surface area contributed by atoms with Crippen LogP contribution in [-0.4, -0.2) is 12.1 Å². The highest BCUT2D eigenvalue weighted by Crippen LogP contribution is 2.43. The monoisotopic (exact) mass is 233 g/mol. The fourth-order valence-corrected chi connectivity index (χ4v) is 1.72. The molecule has 1 aromatic carbocycles. The highest BCUT2D eigenvalue weighted by Gasteiger charge is 2.45. The normalized spacial score (nSPS) is 20.2. The molecule has 0 bridgehead atoms. The molecule has 1 heterocycles. The number of hydrogen-bond acceptors (Lipinski definition) is 1. The van der Waals surface area contributed by atoms with Gasteiger partial charge in [0.1, 0.15) is 5.82 Å². The van der Waals surface area contributed by atoms with Crippen LogP contribution in [0.5, 0.6) is 0 Å². The first-order valence-corrected chi connectivity index (χ1v) is 4.54. The van der Waals surface area contributed by atoms with E-state index in [1.807, 2.05) is 0 Å². The molecule has 6 heteroatoms. The number of rotatable bonds is 0. The molecule has 1 amide bonds. The molecule has 0 spiro atoms. The number of halogens is 4. The molecule has 0 saturated carbocycles. The molecule has 0 saturated heterocycles. The first-order chi connectivity index (χ1) is 7.38. The standard InChI is InChI=1S/C10H7F4NO/c11-5-1-2-8-6(3-5)7(10(12,13)14)4-9(16)15-8/h1-3,7H,4H2,(H,15,16). The van der Waals surface area contributed by atoms with Gasteiger partial charge in [-0.2, -0.15) is 13.2 Å². The Morgan fingerprint density at radius 1 is 1.31 bits per heavy atom. The number of benzene rings is 1. The van der Waals surface area contributed by atoms with Crippen molar-refractivity contribution in [3.8, 4) is 0 Å². The lowest BCUT2D eigenvalue weighted by molar-refractivity contribution is -0.156. The van der Waals surface area contributed by atoms with E-state index in [1.54, 1.807) is 0 Å². The van der Waals surface area contributed by atoms with Gasteiger partial charge in [-0.25, -0.2) is 4.39 Å². The predicted molar refractivity (Wildman–Crippen MR) is 48.4 cm³/mol. The summed E-state index contributed by atoms with van der Waals surface area (Å²) in [7, 11) is 0. The average Bonchev–Trinajstić information content (AvgIpc) is 2.16. The molecular formula is C10H7F4NO. The van der Waals surface area contributed by atoms with Crippen LogP contribution in [0.25, 0.3) is 0 Å². The average molecular weight is 233 g/mol. The number of amides is 1. The maximum atomic E-state index is 12.9. The van der Waals surface area contributed by atoms with E-state index < -0.39 is 30.2 Å². The van der Waals surface area contributed by atoms with Gasteiger partial charge in [0.25, 0.3) is 0 Å². The Balaban J connectivity index is 2.52. The van der Waals surface area contributed by atoms with Crippen LogP contribution < -0.4 is 5.32 Å². The van der Waals surface area contributed by atoms with Crippen LogP contribution in [0.3, 0.4) is 0 Å². The molecule has 1 aliphatic heterocycles. The van der Waals surface area contributed by atoms with Gasteiger partial charge in [-0.1, -0.05) is 0 Å². The zero-order valence-corrected chi connectivity index (χ0v) is 7.94. The Bertz CT molecular complexity index is 441. The van der Waals surface area contributed by atoms with Crippen molar-refractivity contribution in [2.24, 2.45) is 0 Å². The van der Waals surface area contributed by atoms with E-state index in [0.717, 1.165) is 18.2 Å². The van der Waals surface area contributed by atoms with Gasteiger partial charge in [-0.3, -0.25) is 4.79 Å². The molecule has 0 fully saturated rings. The SMILES string of the molecule is O=C1CC(C(F)(F)F)c2cc(F)ccc2N1. The molecular weight excluding hydrogens is 226 g/mol. The lowest BCUT2D eigenvalue weighted by Crippen LogP contribution is -2.31. The minimum atomic E-state index is -4.54. The van der Waals surface area contributed by atoms with Gasteiger partial charge in [0.2, 0.25) is 5.91 Å². The largest absolute Gasteiger partial charge is 0.396 e. The second-order valence-corrected chi connectivity index (χ2v) is 3.58. The Morgan fingerprint density at radius 2 is 2.00 bits per heavy atom. The minimum absolute atomic E-state index is 0.0278. The molecule has 1 aliphatic rings. The maximum Gasteiger partial charge on any atom is 0.396 e. The number of alkyl halides is 3. The Morgan fingerprint density at radius 3 is 2.62 bits per heavy atom. The first kappa shape index (κ1) is 10.9. The maximum absolute atomic E-state index is 12.9. The van der Waals surface area contributed by atoms with Gasteiger partial charge in [0.15, 0.2) is 0 Å². The van der Waals surface area contributed by atoms with Crippen LogP contribution in [0, 0.1) is 5.82 Å². The topological polar surface area (TPSA) is 29.1 Å². The molecule has 86 valence electrons. The molecule has 2 rings (SSSR count). The van der Waals surface area contributed by atoms with E-state index in [9.17, 15) is 22.4 Å². The van der Waals surface area contributed by atoms with Crippen molar-refractivity contribution in [3.05, 3.63) is 29.6 Å². The summed E-state index contributed by atoms with van der Waals surface area (Å²) in [4.78, 5) is 11.1. The summed E-state index contributed by atoms with van der Waals surface area (Å²) in [6.07, 6.45) is -5.24. The van der Waals surface area contributed by atoms with Crippen LogP contribution in [0.2, 0.25) is 0 Å². The van der Waals surface area contributed by atoms with Crippen LogP contribution in [0.1, 0.15) is 17.9 Å². The number of carbonyl (C=O) groups excluding carboxylic acids is 1. The Hall–Kier alpha value is -1.59. The Kier molecular flexibility index (Phi) is 2.36. The summed E-state index contributed by atoms with van der Waals surface area (Å²) in [5.74, 6) is -3.38. The molecule has 1 aromatic rings. The summed E-state index contributed by atoms with van der Waals surface area (Å²) in [6.45, 7) is 0. The van der Waals surface area contributed by atoms with Gasteiger partial charge in [-0.15, -0.1) is 0 Å². The molecule has 16 heavy (non-hydrogen) atoms. The van der Waals surface area contributed by atoms with Crippen molar-refractivity contribution < 1.29 is 22.4 Å². The summed E-state index contributed by atoms with van der Waals surface area (Å²) in [6, 6.07) is 2.96. The lowest BCUT2D eigenvalue weighted by atomic mass is 9.90. The number of nitrogens with one attached hydrogen (secondary N) is 1. The third-order valence-corrected chi connectivity index (χ3v) is 2.45. The van der Waals surface area contributed by atoms with Gasteiger partial charge < -0.3 is 5.32 Å². The molecule has 1 unspecified atom stereocenters. The quantitative estimate of drug-likeness (QED) is 0.686. The fourth-order valence-electron chi connectivity index (χ4n) is 1.72. The van der Waals surface area contributed by atoms with Gasteiger partial charge in [0.05, 0.1) is 5.92 Å². The molecule has 2 nitrogen and oxygen atoms in total.